The molecule has 0 amide bonds. The number of hydrogen-bond acceptors (Lipinski definition) is 6. The SMILES string of the molecule is CC=COc1ccc(C(C)(c2ccc(OC=CC)cc2OCC)c2ccc(OC=CC)cc2OCC)c(OCC)c1. The molecular weight excluding hydrogens is 516 g/mol. The maximum absolute atomic E-state index is 6.25. The van der Waals surface area contributed by atoms with E-state index in [9.17, 15) is 0 Å². The fraction of sp³-hybridized carbons (Fsp3) is 0.314. The zero-order valence-electron chi connectivity index (χ0n) is 25.2. The van der Waals surface area contributed by atoms with Gasteiger partial charge in [-0.2, -0.15) is 0 Å². The summed E-state index contributed by atoms with van der Waals surface area (Å²) in [4.78, 5) is 0. The van der Waals surface area contributed by atoms with E-state index >= 15 is 0 Å². The van der Waals surface area contributed by atoms with Gasteiger partial charge in [0, 0.05) is 34.9 Å². The minimum absolute atomic E-state index is 0.485. The molecule has 3 rings (SSSR count). The molecule has 0 aromatic heterocycles. The topological polar surface area (TPSA) is 55.4 Å². The molecule has 0 aliphatic rings. The number of hydrogen-bond donors (Lipinski definition) is 0. The third-order valence-corrected chi connectivity index (χ3v) is 6.40. The van der Waals surface area contributed by atoms with Crippen LogP contribution in [0, 0.1) is 0 Å². The molecule has 0 atom stereocenters. The Kier molecular flexibility index (Phi) is 11.8. The van der Waals surface area contributed by atoms with Gasteiger partial charge in [0.05, 0.1) is 44.0 Å². The van der Waals surface area contributed by atoms with E-state index in [1.165, 1.54) is 0 Å². The molecular formula is C35H42O6. The number of benzene rings is 3. The van der Waals surface area contributed by atoms with Crippen molar-refractivity contribution in [2.75, 3.05) is 19.8 Å². The average Bonchev–Trinajstić information content (AvgIpc) is 2.98. The summed E-state index contributed by atoms with van der Waals surface area (Å²) in [6, 6.07) is 17.7. The molecule has 6 heteroatoms. The fourth-order valence-corrected chi connectivity index (χ4v) is 4.67. The van der Waals surface area contributed by atoms with Crippen LogP contribution in [0.25, 0.3) is 0 Å². The van der Waals surface area contributed by atoms with Crippen molar-refractivity contribution in [3.63, 3.8) is 0 Å². The van der Waals surface area contributed by atoms with Crippen LogP contribution in [-0.4, -0.2) is 19.8 Å². The van der Waals surface area contributed by atoms with E-state index in [0.29, 0.717) is 54.3 Å². The van der Waals surface area contributed by atoms with Gasteiger partial charge >= 0.3 is 0 Å². The molecule has 0 fully saturated rings. The van der Waals surface area contributed by atoms with Crippen LogP contribution in [-0.2, 0) is 5.41 Å². The Bertz CT molecular complexity index is 1190. The second kappa shape index (κ2) is 15.5. The maximum Gasteiger partial charge on any atom is 0.130 e. The zero-order valence-corrected chi connectivity index (χ0v) is 25.2. The summed E-state index contributed by atoms with van der Waals surface area (Å²) in [7, 11) is 0. The molecule has 0 spiro atoms. The Hall–Kier alpha value is -4.32. The van der Waals surface area contributed by atoms with Crippen molar-refractivity contribution < 1.29 is 28.4 Å². The summed E-state index contributed by atoms with van der Waals surface area (Å²) in [6.45, 7) is 15.3. The molecule has 3 aromatic carbocycles. The van der Waals surface area contributed by atoms with Gasteiger partial charge in [-0.15, -0.1) is 0 Å². The minimum Gasteiger partial charge on any atom is -0.493 e. The van der Waals surface area contributed by atoms with E-state index in [1.54, 1.807) is 18.8 Å². The first kappa shape index (κ1) is 31.2. The van der Waals surface area contributed by atoms with E-state index in [4.69, 9.17) is 28.4 Å². The highest BCUT2D eigenvalue weighted by Gasteiger charge is 2.39. The van der Waals surface area contributed by atoms with Crippen molar-refractivity contribution in [3.05, 3.63) is 108 Å². The van der Waals surface area contributed by atoms with E-state index in [0.717, 1.165) is 16.7 Å². The summed E-state index contributed by atoms with van der Waals surface area (Å²) < 4.78 is 36.1. The number of ether oxygens (including phenoxy) is 6. The normalized spacial score (nSPS) is 13.0. The third-order valence-electron chi connectivity index (χ3n) is 6.40. The van der Waals surface area contributed by atoms with Gasteiger partial charge in [0.2, 0.25) is 0 Å². The van der Waals surface area contributed by atoms with Crippen molar-refractivity contribution in [3.8, 4) is 34.5 Å². The van der Waals surface area contributed by atoms with Gasteiger partial charge in [-0.1, -0.05) is 36.4 Å². The molecule has 0 N–H and O–H groups in total. The lowest BCUT2D eigenvalue weighted by Crippen LogP contribution is -2.28. The van der Waals surface area contributed by atoms with Gasteiger partial charge in [0.15, 0.2) is 0 Å². The lowest BCUT2D eigenvalue weighted by Gasteiger charge is -2.35. The molecule has 0 aliphatic heterocycles. The summed E-state index contributed by atoms with van der Waals surface area (Å²) in [5, 5.41) is 0. The van der Waals surface area contributed by atoms with Gasteiger partial charge < -0.3 is 28.4 Å². The van der Waals surface area contributed by atoms with Crippen molar-refractivity contribution in [2.45, 2.75) is 53.9 Å². The molecule has 218 valence electrons. The Morgan fingerprint density at radius 3 is 1.05 bits per heavy atom. The monoisotopic (exact) mass is 558 g/mol. The van der Waals surface area contributed by atoms with E-state index in [2.05, 4.69) is 6.92 Å². The maximum atomic E-state index is 6.25. The molecule has 0 heterocycles. The smallest absolute Gasteiger partial charge is 0.130 e. The summed E-state index contributed by atoms with van der Waals surface area (Å²) in [6.07, 6.45) is 10.5. The first-order valence-corrected chi connectivity index (χ1v) is 14.1. The molecule has 6 nitrogen and oxygen atoms in total. The summed E-state index contributed by atoms with van der Waals surface area (Å²) in [5.41, 5.74) is 2.01. The van der Waals surface area contributed by atoms with E-state index < -0.39 is 5.41 Å². The molecule has 0 aliphatic carbocycles. The van der Waals surface area contributed by atoms with Crippen LogP contribution in [0.3, 0.4) is 0 Å². The van der Waals surface area contributed by atoms with Crippen LogP contribution in [0.5, 0.6) is 34.5 Å². The molecule has 0 radical (unpaired) electrons. The molecule has 0 unspecified atom stereocenters. The van der Waals surface area contributed by atoms with Crippen molar-refractivity contribution in [2.24, 2.45) is 0 Å². The minimum atomic E-state index is -0.781. The molecule has 0 bridgehead atoms. The van der Waals surface area contributed by atoms with Crippen LogP contribution in [0.2, 0.25) is 0 Å². The van der Waals surface area contributed by atoms with Gasteiger partial charge in [0.1, 0.15) is 34.5 Å². The first-order chi connectivity index (χ1) is 20.0. The highest BCUT2D eigenvalue weighted by molar-refractivity contribution is 5.64. The van der Waals surface area contributed by atoms with E-state index in [1.807, 2.05) is 114 Å². The predicted molar refractivity (Wildman–Crippen MR) is 165 cm³/mol. The van der Waals surface area contributed by atoms with Crippen LogP contribution < -0.4 is 28.4 Å². The Balaban J connectivity index is 2.39. The standard InChI is InChI=1S/C35H42O6/c1-8-20-39-26-14-17-29(32(23-26)36-11-4)35(7,30-18-15-27(40-21-9-2)24-33(30)37-12-5)31-19-16-28(41-22-10-3)25-34(31)38-13-6/h8-10,14-25H,11-13H2,1-7H3. The first-order valence-electron chi connectivity index (χ1n) is 14.1. The lowest BCUT2D eigenvalue weighted by atomic mass is 9.69. The van der Waals surface area contributed by atoms with Crippen LogP contribution in [0.1, 0.15) is 65.2 Å². The third kappa shape index (κ3) is 7.46. The van der Waals surface area contributed by atoms with E-state index in [-0.39, 0.29) is 0 Å². The van der Waals surface area contributed by atoms with Crippen molar-refractivity contribution in [1.29, 1.82) is 0 Å². The Morgan fingerprint density at radius 1 is 0.512 bits per heavy atom. The number of rotatable bonds is 15. The van der Waals surface area contributed by atoms with Crippen molar-refractivity contribution in [1.82, 2.24) is 0 Å². The number of allylic oxidation sites excluding steroid dienone is 3. The predicted octanol–water partition coefficient (Wildman–Crippen LogP) is 8.97. The van der Waals surface area contributed by atoms with Crippen molar-refractivity contribution >= 4 is 0 Å². The van der Waals surface area contributed by atoms with Gasteiger partial charge in [0.25, 0.3) is 0 Å². The lowest BCUT2D eigenvalue weighted by molar-refractivity contribution is 0.315. The zero-order chi connectivity index (χ0) is 29.7. The van der Waals surface area contributed by atoms with Gasteiger partial charge in [-0.05, 0) is 66.7 Å². The second-order valence-corrected chi connectivity index (χ2v) is 9.16. The molecule has 0 saturated carbocycles. The summed E-state index contributed by atoms with van der Waals surface area (Å²) in [5.74, 6) is 4.13. The Morgan fingerprint density at radius 2 is 0.805 bits per heavy atom. The quantitative estimate of drug-likeness (QED) is 0.137. The largest absolute Gasteiger partial charge is 0.493 e. The van der Waals surface area contributed by atoms with Gasteiger partial charge in [-0.25, -0.2) is 0 Å². The molecule has 0 saturated heterocycles. The van der Waals surface area contributed by atoms with Crippen LogP contribution in [0.4, 0.5) is 0 Å². The second-order valence-electron chi connectivity index (χ2n) is 9.16. The fourth-order valence-electron chi connectivity index (χ4n) is 4.67. The highest BCUT2D eigenvalue weighted by Crippen LogP contribution is 2.51. The van der Waals surface area contributed by atoms with Gasteiger partial charge in [-0.3, -0.25) is 0 Å². The van der Waals surface area contributed by atoms with Crippen LogP contribution in [0.15, 0.2) is 91.6 Å². The molecule has 41 heavy (non-hydrogen) atoms. The average molecular weight is 559 g/mol. The molecule has 3 aromatic rings. The highest BCUT2D eigenvalue weighted by atomic mass is 16.5. The Labute approximate surface area is 244 Å². The van der Waals surface area contributed by atoms with Crippen LogP contribution >= 0.6 is 0 Å². The summed E-state index contributed by atoms with van der Waals surface area (Å²) >= 11 is 0.